The van der Waals surface area contributed by atoms with E-state index < -0.39 is 4.92 Å². The van der Waals surface area contributed by atoms with E-state index in [1.165, 1.54) is 6.07 Å². The number of nitro benzene ring substituents is 1. The summed E-state index contributed by atoms with van der Waals surface area (Å²) in [6.45, 7) is 1.79. The second-order valence-corrected chi connectivity index (χ2v) is 5.61. The zero-order valence-electron chi connectivity index (χ0n) is 13.8. The Balaban J connectivity index is 1.84. The summed E-state index contributed by atoms with van der Waals surface area (Å²) in [6, 6.07) is 14.6. The van der Waals surface area contributed by atoms with Crippen molar-refractivity contribution in [3.63, 3.8) is 0 Å². The van der Waals surface area contributed by atoms with Gasteiger partial charge in [-0.05, 0) is 19.1 Å². The molecule has 2 aromatic rings. The van der Waals surface area contributed by atoms with Crippen molar-refractivity contribution in [2.45, 2.75) is 25.9 Å². The van der Waals surface area contributed by atoms with Crippen molar-refractivity contribution in [2.24, 2.45) is 0 Å². The van der Waals surface area contributed by atoms with Crippen molar-refractivity contribution < 1.29 is 14.5 Å². The number of nitro groups is 1. The summed E-state index contributed by atoms with van der Waals surface area (Å²) in [7, 11) is 0. The number of nitrogens with one attached hydrogen (secondary N) is 2. The fourth-order valence-electron chi connectivity index (χ4n) is 2.33. The minimum absolute atomic E-state index is 0.0340. The third kappa shape index (κ3) is 5.42. The number of rotatable bonds is 7. The van der Waals surface area contributed by atoms with Crippen molar-refractivity contribution in [3.8, 4) is 0 Å². The molecule has 0 fully saturated rings. The van der Waals surface area contributed by atoms with Crippen LogP contribution in [0.5, 0.6) is 0 Å². The highest BCUT2D eigenvalue weighted by molar-refractivity contribution is 5.94. The molecule has 130 valence electrons. The Kier molecular flexibility index (Phi) is 6.22. The summed E-state index contributed by atoms with van der Waals surface area (Å²) in [5.74, 6) is -0.543. The van der Waals surface area contributed by atoms with Crippen LogP contribution in [0, 0.1) is 10.1 Å². The predicted octanol–water partition coefficient (Wildman–Crippen LogP) is 2.42. The smallest absolute Gasteiger partial charge is 0.274 e. The van der Waals surface area contributed by atoms with Crippen molar-refractivity contribution >= 4 is 17.5 Å². The Labute approximate surface area is 145 Å². The maximum Gasteiger partial charge on any atom is 0.274 e. The number of hydrogen-bond acceptors (Lipinski definition) is 4. The second-order valence-electron chi connectivity index (χ2n) is 5.61. The largest absolute Gasteiger partial charge is 0.352 e. The summed E-state index contributed by atoms with van der Waals surface area (Å²) in [6.07, 6.45) is 0.0825. The van der Waals surface area contributed by atoms with Gasteiger partial charge < -0.3 is 10.6 Å². The van der Waals surface area contributed by atoms with E-state index in [9.17, 15) is 19.7 Å². The molecule has 2 aromatic carbocycles. The summed E-state index contributed by atoms with van der Waals surface area (Å²) >= 11 is 0. The zero-order valence-corrected chi connectivity index (χ0v) is 13.8. The monoisotopic (exact) mass is 341 g/mol. The minimum atomic E-state index is -0.482. The average molecular weight is 341 g/mol. The first-order chi connectivity index (χ1) is 12.0. The van der Waals surface area contributed by atoms with Crippen LogP contribution in [0.25, 0.3) is 0 Å². The fraction of sp³-hybridized carbons (Fsp3) is 0.222. The molecule has 0 radical (unpaired) electrons. The quantitative estimate of drug-likeness (QED) is 0.596. The zero-order chi connectivity index (χ0) is 18.2. The van der Waals surface area contributed by atoms with Gasteiger partial charge in [-0.2, -0.15) is 0 Å². The molecule has 0 aliphatic carbocycles. The second kappa shape index (κ2) is 8.58. The number of amides is 2. The number of carbonyl (C=O) groups is 2. The molecular formula is C18H19N3O4. The van der Waals surface area contributed by atoms with Gasteiger partial charge >= 0.3 is 0 Å². The van der Waals surface area contributed by atoms with Crippen LogP contribution < -0.4 is 10.6 Å². The molecule has 0 aromatic heterocycles. The van der Waals surface area contributed by atoms with Crippen LogP contribution in [0.4, 0.5) is 5.69 Å². The van der Waals surface area contributed by atoms with Crippen LogP contribution in [0.2, 0.25) is 0 Å². The summed E-state index contributed by atoms with van der Waals surface area (Å²) < 4.78 is 0. The summed E-state index contributed by atoms with van der Waals surface area (Å²) in [5, 5.41) is 16.3. The first kappa shape index (κ1) is 18.1. The molecule has 2 N–H and O–H groups in total. The molecule has 7 nitrogen and oxygen atoms in total. The van der Waals surface area contributed by atoms with Crippen molar-refractivity contribution in [1.29, 1.82) is 0 Å². The predicted molar refractivity (Wildman–Crippen MR) is 92.9 cm³/mol. The highest BCUT2D eigenvalue weighted by Crippen LogP contribution is 2.17. The Morgan fingerprint density at radius 3 is 2.40 bits per heavy atom. The number of carbonyl (C=O) groups excluding carboxylic acids is 2. The highest BCUT2D eigenvalue weighted by Gasteiger charge is 2.15. The number of benzene rings is 2. The van der Waals surface area contributed by atoms with Crippen LogP contribution in [0.1, 0.15) is 29.3 Å². The fourth-order valence-corrected chi connectivity index (χ4v) is 2.33. The molecule has 1 atom stereocenters. The van der Waals surface area contributed by atoms with Gasteiger partial charge in [0.15, 0.2) is 0 Å². The van der Waals surface area contributed by atoms with E-state index in [0.717, 1.165) is 0 Å². The summed E-state index contributed by atoms with van der Waals surface area (Å²) in [5.41, 5.74) is 0.921. The van der Waals surface area contributed by atoms with Gasteiger partial charge in [0.05, 0.1) is 4.92 Å². The molecule has 0 saturated carbocycles. The SMILES string of the molecule is CC(CC(=O)NCc1ccccc1[N+](=O)[O-])NC(=O)c1ccccc1. The molecule has 1 unspecified atom stereocenters. The lowest BCUT2D eigenvalue weighted by molar-refractivity contribution is -0.385. The first-order valence-electron chi connectivity index (χ1n) is 7.82. The molecule has 0 aliphatic heterocycles. The maximum absolute atomic E-state index is 12.0. The van der Waals surface area contributed by atoms with E-state index in [-0.39, 0.29) is 36.5 Å². The third-order valence-electron chi connectivity index (χ3n) is 3.57. The van der Waals surface area contributed by atoms with Crippen molar-refractivity contribution in [2.75, 3.05) is 0 Å². The first-order valence-corrected chi connectivity index (χ1v) is 7.82. The maximum atomic E-state index is 12.0. The van der Waals surface area contributed by atoms with E-state index in [4.69, 9.17) is 0 Å². The van der Waals surface area contributed by atoms with E-state index in [0.29, 0.717) is 11.1 Å². The summed E-state index contributed by atoms with van der Waals surface area (Å²) in [4.78, 5) is 34.5. The Morgan fingerprint density at radius 1 is 1.08 bits per heavy atom. The van der Waals surface area contributed by atoms with Gasteiger partial charge in [0, 0.05) is 36.2 Å². The molecule has 2 amide bonds. The molecule has 0 saturated heterocycles. The molecule has 0 spiro atoms. The van der Waals surface area contributed by atoms with Gasteiger partial charge in [0.2, 0.25) is 5.91 Å². The molecule has 25 heavy (non-hydrogen) atoms. The Morgan fingerprint density at radius 2 is 1.72 bits per heavy atom. The van der Waals surface area contributed by atoms with Crippen molar-refractivity contribution in [1.82, 2.24) is 10.6 Å². The van der Waals surface area contributed by atoms with E-state index >= 15 is 0 Å². The van der Waals surface area contributed by atoms with E-state index in [1.54, 1.807) is 49.4 Å². The average Bonchev–Trinajstić information content (AvgIpc) is 2.60. The van der Waals surface area contributed by atoms with Crippen LogP contribution in [0.15, 0.2) is 54.6 Å². The van der Waals surface area contributed by atoms with Crippen LogP contribution in [0.3, 0.4) is 0 Å². The van der Waals surface area contributed by atoms with E-state index in [1.807, 2.05) is 6.07 Å². The molecular weight excluding hydrogens is 322 g/mol. The lowest BCUT2D eigenvalue weighted by atomic mass is 10.1. The third-order valence-corrected chi connectivity index (χ3v) is 3.57. The van der Waals surface area contributed by atoms with Crippen LogP contribution >= 0.6 is 0 Å². The lowest BCUT2D eigenvalue weighted by Gasteiger charge is -2.14. The van der Waals surface area contributed by atoms with Gasteiger partial charge in [-0.1, -0.05) is 36.4 Å². The lowest BCUT2D eigenvalue weighted by Crippen LogP contribution is -2.37. The van der Waals surface area contributed by atoms with Crippen molar-refractivity contribution in [3.05, 3.63) is 75.8 Å². The Hall–Kier alpha value is -3.22. The van der Waals surface area contributed by atoms with Gasteiger partial charge in [-0.25, -0.2) is 0 Å². The standard InChI is InChI=1S/C18H19N3O4/c1-13(20-18(23)14-7-3-2-4-8-14)11-17(22)19-12-15-9-5-6-10-16(15)21(24)25/h2-10,13H,11-12H2,1H3,(H,19,22)(H,20,23). The van der Waals surface area contributed by atoms with Gasteiger partial charge in [-0.15, -0.1) is 0 Å². The number of para-hydroxylation sites is 1. The molecule has 0 aliphatic rings. The minimum Gasteiger partial charge on any atom is -0.352 e. The normalized spacial score (nSPS) is 11.4. The number of hydrogen-bond donors (Lipinski definition) is 2. The van der Waals surface area contributed by atoms with Gasteiger partial charge in [0.1, 0.15) is 0 Å². The molecule has 7 heteroatoms. The Bertz CT molecular complexity index is 762. The highest BCUT2D eigenvalue weighted by atomic mass is 16.6. The molecule has 0 bridgehead atoms. The molecule has 2 rings (SSSR count). The van der Waals surface area contributed by atoms with Gasteiger partial charge in [0.25, 0.3) is 11.6 Å². The topological polar surface area (TPSA) is 101 Å². The molecule has 0 heterocycles. The van der Waals surface area contributed by atoms with Crippen LogP contribution in [-0.2, 0) is 11.3 Å². The van der Waals surface area contributed by atoms with Crippen LogP contribution in [-0.4, -0.2) is 22.8 Å². The van der Waals surface area contributed by atoms with E-state index in [2.05, 4.69) is 10.6 Å². The van der Waals surface area contributed by atoms with Gasteiger partial charge in [-0.3, -0.25) is 19.7 Å². The number of nitrogens with zero attached hydrogens (tertiary/aromatic N) is 1.